The van der Waals surface area contributed by atoms with Crippen molar-refractivity contribution in [1.82, 2.24) is 9.88 Å². The number of hydrogen-bond acceptors (Lipinski definition) is 2. The van der Waals surface area contributed by atoms with Gasteiger partial charge in [0.1, 0.15) is 0 Å². The summed E-state index contributed by atoms with van der Waals surface area (Å²) in [6, 6.07) is 22.7. The third kappa shape index (κ3) is 3.22. The molecule has 3 aromatic rings. The molecule has 2 atom stereocenters. The molecule has 1 heterocycles. The molecule has 4 rings (SSSR count). The van der Waals surface area contributed by atoms with Gasteiger partial charge in [-0.2, -0.15) is 0 Å². The number of likely N-dealkylation sites (N-methyl/N-ethyl adjacent to an activating group) is 1. The first-order valence-corrected chi connectivity index (χ1v) is 8.97. The van der Waals surface area contributed by atoms with E-state index in [0.717, 1.165) is 6.42 Å². The molecule has 0 saturated heterocycles. The van der Waals surface area contributed by atoms with Crippen LogP contribution in [0.5, 0.6) is 0 Å². The van der Waals surface area contributed by atoms with Crippen molar-refractivity contribution in [1.29, 1.82) is 0 Å². The van der Waals surface area contributed by atoms with E-state index in [1.807, 2.05) is 12.4 Å². The van der Waals surface area contributed by atoms with E-state index in [1.54, 1.807) is 0 Å². The summed E-state index contributed by atoms with van der Waals surface area (Å²) >= 11 is 0. The van der Waals surface area contributed by atoms with E-state index in [2.05, 4.69) is 84.6 Å². The number of benzene rings is 2. The molecule has 0 N–H and O–H groups in total. The normalized spacial score (nSPS) is 19.6. The Morgan fingerprint density at radius 3 is 2.48 bits per heavy atom. The van der Waals surface area contributed by atoms with Crippen LogP contribution in [0.25, 0.3) is 11.1 Å². The second-order valence-corrected chi connectivity index (χ2v) is 7.17. The van der Waals surface area contributed by atoms with Crippen LogP contribution in [-0.2, 0) is 6.42 Å². The van der Waals surface area contributed by atoms with Crippen molar-refractivity contribution in [2.24, 2.45) is 0 Å². The molecule has 0 spiro atoms. The Hall–Kier alpha value is -2.45. The lowest BCUT2D eigenvalue weighted by molar-refractivity contribution is 0.258. The number of nitrogens with zero attached hydrogens (tertiary/aromatic N) is 2. The van der Waals surface area contributed by atoms with Crippen molar-refractivity contribution in [3.05, 3.63) is 89.7 Å². The van der Waals surface area contributed by atoms with Gasteiger partial charge in [-0.3, -0.25) is 4.98 Å². The highest BCUT2D eigenvalue weighted by Gasteiger charge is 2.28. The van der Waals surface area contributed by atoms with E-state index >= 15 is 0 Å². The zero-order valence-electron chi connectivity index (χ0n) is 14.9. The largest absolute Gasteiger partial charge is 0.306 e. The van der Waals surface area contributed by atoms with Crippen LogP contribution < -0.4 is 0 Å². The molecular formula is C23H24N2. The van der Waals surface area contributed by atoms with E-state index in [1.165, 1.54) is 34.2 Å². The van der Waals surface area contributed by atoms with E-state index in [0.29, 0.717) is 12.0 Å². The van der Waals surface area contributed by atoms with E-state index in [-0.39, 0.29) is 0 Å². The minimum absolute atomic E-state index is 0.458. The quantitative estimate of drug-likeness (QED) is 0.689. The van der Waals surface area contributed by atoms with Crippen LogP contribution >= 0.6 is 0 Å². The van der Waals surface area contributed by atoms with Crippen LogP contribution in [-0.4, -0.2) is 30.0 Å². The van der Waals surface area contributed by atoms with Crippen molar-refractivity contribution in [2.75, 3.05) is 14.1 Å². The van der Waals surface area contributed by atoms with Crippen molar-refractivity contribution in [2.45, 2.75) is 24.8 Å². The summed E-state index contributed by atoms with van der Waals surface area (Å²) in [7, 11) is 4.39. The molecule has 0 fully saturated rings. The van der Waals surface area contributed by atoms with Gasteiger partial charge in [0.2, 0.25) is 0 Å². The minimum Gasteiger partial charge on any atom is -0.306 e. The van der Waals surface area contributed by atoms with Crippen LogP contribution in [0.4, 0.5) is 0 Å². The smallest absolute Gasteiger partial charge is 0.0273 e. The zero-order chi connectivity index (χ0) is 17.2. The molecule has 0 amide bonds. The standard InChI is InChI=1S/C23H24N2/c1-25(2)21-15-20-6-3-4-9-22(20)23(16-21)19-8-5-7-18(14-19)17-10-12-24-13-11-17/h3-14,21,23H,15-16H2,1-2H3/t21-,23-/m0/s1. The number of rotatable bonds is 3. The summed E-state index contributed by atoms with van der Waals surface area (Å²) in [4.78, 5) is 6.51. The second kappa shape index (κ2) is 6.81. The van der Waals surface area contributed by atoms with Crippen LogP contribution in [0, 0.1) is 0 Å². The van der Waals surface area contributed by atoms with Gasteiger partial charge in [0, 0.05) is 24.4 Å². The van der Waals surface area contributed by atoms with Gasteiger partial charge < -0.3 is 4.90 Å². The van der Waals surface area contributed by atoms with Gasteiger partial charge in [-0.15, -0.1) is 0 Å². The second-order valence-electron chi connectivity index (χ2n) is 7.17. The molecule has 1 aromatic heterocycles. The fraction of sp³-hybridized carbons (Fsp3) is 0.261. The highest BCUT2D eigenvalue weighted by Crippen LogP contribution is 2.38. The van der Waals surface area contributed by atoms with Gasteiger partial charge >= 0.3 is 0 Å². The summed E-state index contributed by atoms with van der Waals surface area (Å²) in [5, 5.41) is 0. The summed E-state index contributed by atoms with van der Waals surface area (Å²) in [6.07, 6.45) is 6.04. The number of pyridine rings is 1. The molecule has 2 heteroatoms. The average molecular weight is 328 g/mol. The van der Waals surface area contributed by atoms with Gasteiger partial charge in [0.05, 0.1) is 0 Å². The number of fused-ring (bicyclic) bond motifs is 1. The maximum atomic E-state index is 4.14. The van der Waals surface area contributed by atoms with E-state index in [9.17, 15) is 0 Å². The predicted molar refractivity (Wildman–Crippen MR) is 104 cm³/mol. The Morgan fingerprint density at radius 2 is 1.68 bits per heavy atom. The van der Waals surface area contributed by atoms with Crippen molar-refractivity contribution in [3.63, 3.8) is 0 Å². The summed E-state index contributed by atoms with van der Waals surface area (Å²) < 4.78 is 0. The lowest BCUT2D eigenvalue weighted by Gasteiger charge is -2.35. The van der Waals surface area contributed by atoms with Crippen LogP contribution in [0.15, 0.2) is 73.1 Å². The average Bonchev–Trinajstić information content (AvgIpc) is 2.68. The SMILES string of the molecule is CN(C)[C@H]1Cc2ccccc2[C@H](c2cccc(-c3ccncc3)c2)C1. The highest BCUT2D eigenvalue weighted by molar-refractivity contribution is 5.64. The molecule has 0 saturated carbocycles. The first-order chi connectivity index (χ1) is 12.2. The van der Waals surface area contributed by atoms with Crippen LogP contribution in [0.2, 0.25) is 0 Å². The molecule has 126 valence electrons. The monoisotopic (exact) mass is 328 g/mol. The van der Waals surface area contributed by atoms with Gasteiger partial charge in [0.15, 0.2) is 0 Å². The van der Waals surface area contributed by atoms with E-state index < -0.39 is 0 Å². The molecule has 25 heavy (non-hydrogen) atoms. The first-order valence-electron chi connectivity index (χ1n) is 8.97. The Labute approximate surface area is 150 Å². The Balaban J connectivity index is 1.76. The van der Waals surface area contributed by atoms with Crippen molar-refractivity contribution < 1.29 is 0 Å². The predicted octanol–water partition coefficient (Wildman–Crippen LogP) is 4.76. The van der Waals surface area contributed by atoms with Crippen LogP contribution in [0.3, 0.4) is 0 Å². The molecule has 0 radical (unpaired) electrons. The summed E-state index contributed by atoms with van der Waals surface area (Å²) in [6.45, 7) is 0. The minimum atomic E-state index is 0.458. The van der Waals surface area contributed by atoms with Gasteiger partial charge in [-0.25, -0.2) is 0 Å². The van der Waals surface area contributed by atoms with Crippen LogP contribution in [0.1, 0.15) is 29.0 Å². The Kier molecular flexibility index (Phi) is 4.37. The molecule has 1 aliphatic carbocycles. The van der Waals surface area contributed by atoms with Crippen molar-refractivity contribution >= 4 is 0 Å². The lowest BCUT2D eigenvalue weighted by Crippen LogP contribution is -2.35. The topological polar surface area (TPSA) is 16.1 Å². The third-order valence-corrected chi connectivity index (χ3v) is 5.43. The zero-order valence-corrected chi connectivity index (χ0v) is 14.9. The molecule has 0 unspecified atom stereocenters. The molecule has 2 nitrogen and oxygen atoms in total. The maximum Gasteiger partial charge on any atom is 0.0273 e. The van der Waals surface area contributed by atoms with Gasteiger partial charge in [0.25, 0.3) is 0 Å². The maximum absolute atomic E-state index is 4.14. The molecule has 0 aliphatic heterocycles. The third-order valence-electron chi connectivity index (χ3n) is 5.43. The summed E-state index contributed by atoms with van der Waals surface area (Å²) in [5.41, 5.74) is 6.89. The Bertz CT molecular complexity index is 855. The van der Waals surface area contributed by atoms with Gasteiger partial charge in [-0.05, 0) is 66.9 Å². The summed E-state index contributed by atoms with van der Waals surface area (Å²) in [5.74, 6) is 0.458. The fourth-order valence-corrected chi connectivity index (χ4v) is 3.98. The van der Waals surface area contributed by atoms with Gasteiger partial charge in [-0.1, -0.05) is 48.5 Å². The Morgan fingerprint density at radius 1 is 0.880 bits per heavy atom. The molecule has 0 bridgehead atoms. The molecule has 2 aromatic carbocycles. The molecular weight excluding hydrogens is 304 g/mol. The number of hydrogen-bond donors (Lipinski definition) is 0. The highest BCUT2D eigenvalue weighted by atomic mass is 15.1. The van der Waals surface area contributed by atoms with Crippen molar-refractivity contribution in [3.8, 4) is 11.1 Å². The number of aromatic nitrogens is 1. The lowest BCUT2D eigenvalue weighted by atomic mass is 9.76. The first kappa shape index (κ1) is 16.0. The molecule has 1 aliphatic rings. The van der Waals surface area contributed by atoms with E-state index in [4.69, 9.17) is 0 Å². The fourth-order valence-electron chi connectivity index (χ4n) is 3.98.